The van der Waals surface area contributed by atoms with Crippen molar-refractivity contribution in [3.8, 4) is 134 Å². The Kier molecular flexibility index (Phi) is 22.8. The van der Waals surface area contributed by atoms with Crippen LogP contribution in [0.5, 0.6) is 0 Å². The average Bonchev–Trinajstić information content (AvgIpc) is 1.13. The van der Waals surface area contributed by atoms with Crippen LogP contribution in [-0.2, 0) is 21.7 Å². The molecule has 16 aromatic carbocycles. The molecule has 0 atom stereocenters. The first-order valence-electron chi connectivity index (χ1n) is 34.9. The quantitative estimate of drug-likeness (QED) is 0.0514. The molecule has 0 saturated carbocycles. The molecule has 500 valence electrons. The Bertz CT molecular complexity index is 5010. The van der Waals surface area contributed by atoms with Gasteiger partial charge in [0.2, 0.25) is 0 Å². The van der Waals surface area contributed by atoms with Gasteiger partial charge < -0.3 is 37.2 Å². The molecule has 0 N–H and O–H groups in total. The summed E-state index contributed by atoms with van der Waals surface area (Å²) in [5, 5.41) is 5.30. The number of hydrogen-bond donors (Lipinski definition) is 0. The molecule has 0 aliphatic carbocycles. The Labute approximate surface area is 648 Å². The van der Waals surface area contributed by atoms with Gasteiger partial charge in [-0.2, -0.15) is 27.4 Å². The van der Waals surface area contributed by atoms with Crippen molar-refractivity contribution in [2.45, 2.75) is 27.7 Å². The molecule has 0 unspecified atom stereocenters. The second-order valence-electron chi connectivity index (χ2n) is 26.3. The standard InChI is InChI=1S/C99H75Si.3ClH.Ti/c1-68-69(2)71(4)96(70(68)3)100(97-87(75-47-23-8-24-48-75)65-84(72-41-17-5-18-42-72)90(78-53-29-11-30-54-78)93(97)81-59-35-14-36-60-81,98-88(76-49-25-9-26-50-76)66-85(73-43-19-6-20-44-73)91(79-55-31-12-32-56-79)94(98)82-61-37-15-38-62-82)99-89(77-51-27-10-28-52-77)67-86(74-45-21-7-22-46-74)92(80-57-33-13-34-58-80)95(99)83-63-39-16-40-64-83;;;;/h5-67H,1-4H3;3*1H;/q-1;;;;+4/p-3. The van der Waals surface area contributed by atoms with Gasteiger partial charge in [0.05, 0.1) is 0 Å². The van der Waals surface area contributed by atoms with Crippen LogP contribution in [0.25, 0.3) is 134 Å². The maximum Gasteiger partial charge on any atom is 4.00 e. The van der Waals surface area contributed by atoms with Crippen LogP contribution in [-0.4, -0.2) is 8.07 Å². The van der Waals surface area contributed by atoms with Crippen molar-refractivity contribution in [1.29, 1.82) is 0 Å². The Morgan fingerprint density at radius 2 is 0.365 bits per heavy atom. The first kappa shape index (κ1) is 73.2. The first-order chi connectivity index (χ1) is 49.4. The van der Waals surface area contributed by atoms with Crippen LogP contribution >= 0.6 is 0 Å². The van der Waals surface area contributed by atoms with Crippen molar-refractivity contribution in [1.82, 2.24) is 0 Å². The van der Waals surface area contributed by atoms with Crippen LogP contribution in [0.4, 0.5) is 0 Å². The van der Waals surface area contributed by atoms with Gasteiger partial charge >= 0.3 is 21.7 Å². The zero-order valence-corrected chi connectivity index (χ0v) is 63.3. The van der Waals surface area contributed by atoms with E-state index in [1.165, 1.54) is 93.1 Å². The third-order valence-corrected chi connectivity index (χ3v) is 26.1. The number of hydrogen-bond acceptors (Lipinski definition) is 0. The maximum absolute atomic E-state index is 4.63. The smallest absolute Gasteiger partial charge is 1.00 e. The van der Waals surface area contributed by atoms with E-state index in [4.69, 9.17) is 0 Å². The molecule has 104 heavy (non-hydrogen) atoms. The fraction of sp³-hybridized carbons (Fsp3) is 0.0404. The Morgan fingerprint density at radius 3 is 0.538 bits per heavy atom. The van der Waals surface area contributed by atoms with Crippen molar-refractivity contribution in [2.24, 2.45) is 0 Å². The third-order valence-electron chi connectivity index (χ3n) is 20.8. The second kappa shape index (κ2) is 32.4. The zero-order chi connectivity index (χ0) is 67.5. The Balaban J connectivity index is 0.00000254. The van der Waals surface area contributed by atoms with Crippen molar-refractivity contribution in [3.63, 3.8) is 0 Å². The van der Waals surface area contributed by atoms with Gasteiger partial charge in [0, 0.05) is 0 Å². The normalized spacial score (nSPS) is 11.0. The molecule has 5 heteroatoms. The maximum atomic E-state index is 2.63. The van der Waals surface area contributed by atoms with E-state index in [1.807, 2.05) is 0 Å². The summed E-state index contributed by atoms with van der Waals surface area (Å²) >= 11 is 0. The Hall–Kier alpha value is -10.5. The molecule has 16 rings (SSSR count). The first-order valence-corrected chi connectivity index (χ1v) is 36.9. The van der Waals surface area contributed by atoms with Crippen molar-refractivity contribution < 1.29 is 58.9 Å². The van der Waals surface area contributed by atoms with Crippen LogP contribution in [0.2, 0.25) is 0 Å². The molecule has 0 amide bonds. The predicted octanol–water partition coefficient (Wildman–Crippen LogP) is 15.0. The van der Waals surface area contributed by atoms with Gasteiger partial charge in [0.25, 0.3) is 0 Å². The van der Waals surface area contributed by atoms with Crippen LogP contribution in [0.1, 0.15) is 22.3 Å². The molecule has 16 aromatic rings. The summed E-state index contributed by atoms with van der Waals surface area (Å²) in [6.07, 6.45) is 0. The van der Waals surface area contributed by atoms with Crippen molar-refractivity contribution >= 4 is 28.8 Å². The van der Waals surface area contributed by atoms with E-state index < -0.39 is 8.07 Å². The number of halogens is 3. The minimum atomic E-state index is -4.63. The van der Waals surface area contributed by atoms with E-state index in [1.54, 1.807) is 0 Å². The van der Waals surface area contributed by atoms with Gasteiger partial charge in [-0.15, -0.1) is 0 Å². The fourth-order valence-corrected chi connectivity index (χ4v) is 23.0. The monoisotopic (exact) mass is 1440 g/mol. The molecule has 0 heterocycles. The molecule has 0 aromatic heterocycles. The SMILES string of the molecule is Cc1c(C)c([Si](c2c(-c3ccccc3)cc(-c3ccccc3)c(-c3ccccc3)c2-c2ccccc2)(c2c(-c3ccccc3)cc(-c3ccccc3)c(-c3ccccc3)c2-c2ccccc2)c2c(-c3ccccc3)cc(-c3ccccc3)c(-c3ccccc3)c2-c2ccccc2)[c-](C)c1C.[Cl-].[Cl-].[Cl-].[Ti+4]. The van der Waals surface area contributed by atoms with E-state index in [0.29, 0.717) is 0 Å². The third kappa shape index (κ3) is 13.3. The number of benzene rings is 15. The molecule has 0 saturated heterocycles. The van der Waals surface area contributed by atoms with Crippen LogP contribution in [0.3, 0.4) is 0 Å². The van der Waals surface area contributed by atoms with Gasteiger partial charge in [-0.25, -0.2) is 0 Å². The topological polar surface area (TPSA) is 0 Å². The van der Waals surface area contributed by atoms with Crippen LogP contribution in [0.15, 0.2) is 382 Å². The molecule has 0 spiro atoms. The van der Waals surface area contributed by atoms with E-state index in [9.17, 15) is 0 Å². The molecule has 0 bridgehead atoms. The van der Waals surface area contributed by atoms with Gasteiger partial charge in [-0.1, -0.05) is 392 Å². The molecule has 0 aliphatic heterocycles. The van der Waals surface area contributed by atoms with E-state index >= 15 is 0 Å². The Morgan fingerprint density at radius 1 is 0.202 bits per heavy atom. The van der Waals surface area contributed by atoms with Crippen molar-refractivity contribution in [3.05, 3.63) is 404 Å². The van der Waals surface area contributed by atoms with E-state index in [2.05, 4.69) is 410 Å². The molecular weight excluding hydrogens is 1370 g/mol. The van der Waals surface area contributed by atoms with Gasteiger partial charge in [-0.3, -0.25) is 0 Å². The summed E-state index contributed by atoms with van der Waals surface area (Å²) in [5.74, 6) is 0. The van der Waals surface area contributed by atoms with Crippen LogP contribution < -0.4 is 58.0 Å². The second-order valence-corrected chi connectivity index (χ2v) is 29.8. The minimum absolute atomic E-state index is 0. The summed E-state index contributed by atoms with van der Waals surface area (Å²) in [6, 6.07) is 145. The zero-order valence-electron chi connectivity index (χ0n) is 58.5. The minimum Gasteiger partial charge on any atom is -1.00 e. The van der Waals surface area contributed by atoms with Gasteiger partial charge in [-0.05, 0) is 167 Å². The summed E-state index contributed by atoms with van der Waals surface area (Å²) < 4.78 is 0. The largest absolute Gasteiger partial charge is 4.00 e. The van der Waals surface area contributed by atoms with Gasteiger partial charge in [0.1, 0.15) is 0 Å². The molecular formula is C99H75Cl3SiTi. The average molecular weight is 1450 g/mol. The van der Waals surface area contributed by atoms with Crippen LogP contribution in [0, 0.1) is 27.7 Å². The van der Waals surface area contributed by atoms with Crippen molar-refractivity contribution in [2.75, 3.05) is 0 Å². The van der Waals surface area contributed by atoms with E-state index in [-0.39, 0.29) is 58.9 Å². The molecule has 0 radical (unpaired) electrons. The molecule has 0 fully saturated rings. The molecule has 0 nitrogen and oxygen atoms in total. The van der Waals surface area contributed by atoms with E-state index in [0.717, 1.165) is 83.5 Å². The predicted molar refractivity (Wildman–Crippen MR) is 430 cm³/mol. The fourth-order valence-electron chi connectivity index (χ4n) is 16.2. The number of rotatable bonds is 16. The summed E-state index contributed by atoms with van der Waals surface area (Å²) in [6.45, 7) is 9.77. The molecule has 0 aliphatic rings. The summed E-state index contributed by atoms with van der Waals surface area (Å²) in [5.41, 5.74) is 33.0. The van der Waals surface area contributed by atoms with Gasteiger partial charge in [0.15, 0.2) is 8.07 Å². The summed E-state index contributed by atoms with van der Waals surface area (Å²) in [7, 11) is -4.63. The summed E-state index contributed by atoms with van der Waals surface area (Å²) in [4.78, 5) is 0.